The summed E-state index contributed by atoms with van der Waals surface area (Å²) in [6, 6.07) is 25.5. The second kappa shape index (κ2) is 43.7. The van der Waals surface area contributed by atoms with Crippen LogP contribution in [-0.4, -0.2) is 0 Å². The van der Waals surface area contributed by atoms with Crippen molar-refractivity contribution in [3.63, 3.8) is 0 Å². The van der Waals surface area contributed by atoms with Crippen LogP contribution in [0.3, 0.4) is 0 Å². The van der Waals surface area contributed by atoms with Crippen molar-refractivity contribution < 1.29 is 155 Å². The van der Waals surface area contributed by atoms with Crippen LogP contribution in [0.4, 0.5) is 140 Å². The predicted octanol–water partition coefficient (Wildman–Crippen LogP) is 35.5. The van der Waals surface area contributed by atoms with Crippen molar-refractivity contribution in [2.75, 3.05) is 0 Å². The van der Waals surface area contributed by atoms with Gasteiger partial charge in [-0.25, -0.2) is 101 Å². The molecule has 0 atom stereocenters. The minimum absolute atomic E-state index is 0.0209. The van der Waals surface area contributed by atoms with Crippen LogP contribution < -0.4 is 14.2 Å². The molecule has 14 aromatic rings. The first-order valence-corrected chi connectivity index (χ1v) is 42.7. The molecule has 0 bridgehead atoms. The van der Waals surface area contributed by atoms with Crippen LogP contribution in [0.2, 0.25) is 10.0 Å². The molecule has 0 N–H and O–H groups in total. The van der Waals surface area contributed by atoms with Crippen molar-refractivity contribution in [1.29, 1.82) is 0 Å². The summed E-state index contributed by atoms with van der Waals surface area (Å²) in [5.41, 5.74) is -12.6. The van der Waals surface area contributed by atoms with Gasteiger partial charge in [0.1, 0.15) is 138 Å². The molecule has 37 heteroatoms. The van der Waals surface area contributed by atoms with Gasteiger partial charge in [0.15, 0.2) is 34.9 Å². The summed E-state index contributed by atoms with van der Waals surface area (Å²) in [4.78, 5) is 0. The second-order valence-corrected chi connectivity index (χ2v) is 32.4. The fourth-order valence-electron chi connectivity index (χ4n) is 15.0. The molecular formula is C103H66Cl2F32O3. The van der Waals surface area contributed by atoms with E-state index in [0.29, 0.717) is 97.6 Å². The Morgan fingerprint density at radius 2 is 0.436 bits per heavy atom. The molecule has 140 heavy (non-hydrogen) atoms. The zero-order valence-electron chi connectivity index (χ0n) is 72.1. The molecule has 0 heterocycles. The maximum atomic E-state index is 15.4. The van der Waals surface area contributed by atoms with Gasteiger partial charge in [0, 0.05) is 63.2 Å². The molecule has 0 unspecified atom stereocenters. The Kier molecular flexibility index (Phi) is 33.0. The summed E-state index contributed by atoms with van der Waals surface area (Å²) in [7, 11) is 0. The van der Waals surface area contributed by atoms with Gasteiger partial charge < -0.3 is 14.2 Å². The number of benzene rings is 14. The van der Waals surface area contributed by atoms with E-state index in [2.05, 4.69) is 21.1 Å². The molecule has 0 spiro atoms. The van der Waals surface area contributed by atoms with Crippen molar-refractivity contribution >= 4 is 23.2 Å². The van der Waals surface area contributed by atoms with Crippen molar-refractivity contribution in [2.24, 2.45) is 0 Å². The Morgan fingerprint density at radius 1 is 0.207 bits per heavy atom. The third kappa shape index (κ3) is 24.1. The SMILES string of the molecule is CCCCCCc1ccc(-c2cc(F)c(-c3cc(F)c(C(F)(F)Oc4ccc(-c5cc(F)c(F)c(F)c5)c(F)c4)c(F)c3)c(Cl)c2)c(F)c1.CCCCCc1ccc(-c2cc(F)c(-c3cc(F)c(C(F)(F)Oc4ccc(-c5cc(F)c(F)c(F)c5)c(F)c4)c(F)c3)c(Cl)c2)c(F)c1.CCCCc1ccc(-c2cc(F)c(-c3cc(F)c(C(F)(F)Oc4cc(F)c(C(F)(F)F)c(F)c4)c(F)c3)c(F)c2)c(F)c1. The fourth-order valence-corrected chi connectivity index (χ4v) is 15.7. The monoisotopic (exact) mass is 2030 g/mol. The van der Waals surface area contributed by atoms with Gasteiger partial charge in [0.2, 0.25) is 0 Å². The summed E-state index contributed by atoms with van der Waals surface area (Å²) < 4.78 is 473. The maximum absolute atomic E-state index is 15.4. The molecular weight excluding hydrogens is 1960 g/mol. The summed E-state index contributed by atoms with van der Waals surface area (Å²) in [5, 5.41) is -0.772. The van der Waals surface area contributed by atoms with Crippen LogP contribution in [0.15, 0.2) is 200 Å². The minimum Gasteiger partial charge on any atom is -0.429 e. The lowest BCUT2D eigenvalue weighted by atomic mass is 9.96. The first kappa shape index (κ1) is 106. The third-order valence-corrected chi connectivity index (χ3v) is 22.3. The van der Waals surface area contributed by atoms with E-state index in [1.54, 1.807) is 18.2 Å². The van der Waals surface area contributed by atoms with Crippen molar-refractivity contribution in [1.82, 2.24) is 0 Å². The van der Waals surface area contributed by atoms with E-state index < -0.39 is 253 Å². The molecule has 0 radical (unpaired) electrons. The van der Waals surface area contributed by atoms with Crippen LogP contribution >= 0.6 is 23.2 Å². The highest BCUT2D eigenvalue weighted by atomic mass is 35.5. The lowest BCUT2D eigenvalue weighted by molar-refractivity contribution is -0.190. The highest BCUT2D eigenvalue weighted by Crippen LogP contribution is 2.48. The first-order chi connectivity index (χ1) is 65.9. The van der Waals surface area contributed by atoms with Crippen molar-refractivity contribution in [3.8, 4) is 106 Å². The number of hydrogen-bond donors (Lipinski definition) is 0. The van der Waals surface area contributed by atoms with E-state index in [1.165, 1.54) is 48.5 Å². The van der Waals surface area contributed by atoms with Gasteiger partial charge in [0.05, 0.1) is 15.6 Å². The second-order valence-electron chi connectivity index (χ2n) is 31.6. The first-order valence-electron chi connectivity index (χ1n) is 41.9. The average molecular weight is 2030 g/mol. The lowest BCUT2D eigenvalue weighted by Crippen LogP contribution is -2.25. The van der Waals surface area contributed by atoms with Crippen LogP contribution in [0, 0.1) is 134 Å². The number of alkyl halides is 9. The molecule has 0 saturated carbocycles. The molecule has 0 aliphatic heterocycles. The van der Waals surface area contributed by atoms with E-state index in [-0.39, 0.29) is 67.7 Å². The van der Waals surface area contributed by atoms with Gasteiger partial charge >= 0.3 is 24.5 Å². The molecule has 0 aliphatic rings. The van der Waals surface area contributed by atoms with Crippen molar-refractivity contribution in [2.45, 2.75) is 122 Å². The lowest BCUT2D eigenvalue weighted by Gasteiger charge is -2.21. The topological polar surface area (TPSA) is 27.7 Å². The predicted molar refractivity (Wildman–Crippen MR) is 459 cm³/mol. The summed E-state index contributed by atoms with van der Waals surface area (Å²) in [6.45, 7) is 6.05. The number of hydrogen-bond acceptors (Lipinski definition) is 3. The maximum Gasteiger partial charge on any atom is 0.432 e. The molecule has 0 amide bonds. The molecule has 734 valence electrons. The van der Waals surface area contributed by atoms with Gasteiger partial charge in [-0.2, -0.15) is 39.5 Å². The Bertz CT molecular complexity index is 6810. The molecule has 0 fully saturated rings. The van der Waals surface area contributed by atoms with E-state index in [4.69, 9.17) is 23.2 Å². The zero-order chi connectivity index (χ0) is 102. The Morgan fingerprint density at radius 3 is 0.721 bits per heavy atom. The van der Waals surface area contributed by atoms with E-state index in [1.807, 2.05) is 13.8 Å². The Balaban J connectivity index is 0.000000188. The molecule has 0 saturated heterocycles. The van der Waals surface area contributed by atoms with Crippen molar-refractivity contribution in [3.05, 3.63) is 383 Å². The molecule has 3 nitrogen and oxygen atoms in total. The number of rotatable bonds is 29. The molecule has 0 aliphatic carbocycles. The van der Waals surface area contributed by atoms with Gasteiger partial charge in [-0.15, -0.1) is 0 Å². The smallest absolute Gasteiger partial charge is 0.429 e. The summed E-state index contributed by atoms with van der Waals surface area (Å²) in [5.74, 6) is -39.7. The minimum atomic E-state index is -5.53. The standard InChI is InChI=1S/C37H25ClF10O.C36H23ClF10O.C30H18F12O/c1-2-3-4-5-6-19-7-9-24(27(39)11-19)20-12-26(38)34(29(41)13-20)22-16-30(42)35(31(43)17-22)37(47,48)49-23-8-10-25(28(40)18-23)21-14-32(44)36(46)33(45)15-21;1-2-3-4-5-18-6-8-23(26(38)10-18)19-11-25(37)33(28(40)12-19)21-15-29(41)34(30(42)16-21)36(46,47)48-22-7-9-24(27(39)17-22)20-13-31(43)35(45)32(44)14-20;1-2-3-4-14-5-6-18(19(31)7-14)15-8-20(32)26(21(33)9-15)16-10-22(34)28(23(35)11-16)30(41,42)43-17-12-24(36)27(25(37)13-17)29(38,39)40/h7-18H,2-6H2,1H3;6-17H,2-5H2,1H3;5-13H,2-4H2,1H3. The fraction of sp³-hybridized carbons (Fsp3) is 0.184. The van der Waals surface area contributed by atoms with E-state index in [0.717, 1.165) is 105 Å². The molecule has 0 aromatic heterocycles. The normalized spacial score (nSPS) is 11.8. The van der Waals surface area contributed by atoms with Crippen LogP contribution in [-0.2, 0) is 43.8 Å². The van der Waals surface area contributed by atoms with Gasteiger partial charge in [-0.3, -0.25) is 0 Å². The summed E-state index contributed by atoms with van der Waals surface area (Å²) >= 11 is 12.5. The Hall–Kier alpha value is -13.2. The van der Waals surface area contributed by atoms with E-state index in [9.17, 15) is 87.8 Å². The number of unbranched alkanes of at least 4 members (excludes halogenated alkanes) is 6. The molecule has 14 rings (SSSR count). The van der Waals surface area contributed by atoms with Gasteiger partial charge in [-0.05, 0) is 239 Å². The number of aryl methyl sites for hydroxylation is 3. The van der Waals surface area contributed by atoms with Crippen LogP contribution in [0.1, 0.15) is 118 Å². The van der Waals surface area contributed by atoms with Gasteiger partial charge in [-0.1, -0.05) is 119 Å². The quantitative estimate of drug-likeness (QED) is 0.0266. The summed E-state index contributed by atoms with van der Waals surface area (Å²) in [6.07, 6.45) is -9.75. The van der Waals surface area contributed by atoms with Crippen LogP contribution in [0.5, 0.6) is 17.2 Å². The number of ether oxygens (including phenoxy) is 3. The third-order valence-electron chi connectivity index (χ3n) is 21.7. The molecule has 14 aromatic carbocycles. The average Bonchev–Trinajstić information content (AvgIpc) is 0.764. The number of halogens is 34. The van der Waals surface area contributed by atoms with Crippen LogP contribution in [0.25, 0.3) is 89.0 Å². The highest BCUT2D eigenvalue weighted by molar-refractivity contribution is 6.34. The zero-order valence-corrected chi connectivity index (χ0v) is 73.6. The van der Waals surface area contributed by atoms with E-state index >= 15 is 52.7 Å². The largest absolute Gasteiger partial charge is 0.432 e. The Labute approximate surface area is 785 Å². The highest BCUT2D eigenvalue weighted by Gasteiger charge is 2.46. The van der Waals surface area contributed by atoms with Gasteiger partial charge in [0.25, 0.3) is 0 Å².